The van der Waals surface area contributed by atoms with Crippen molar-refractivity contribution in [3.63, 3.8) is 0 Å². The van der Waals surface area contributed by atoms with E-state index in [1.54, 1.807) is 23.5 Å². The van der Waals surface area contributed by atoms with Crippen molar-refractivity contribution >= 4 is 34.6 Å². The number of nitrogens with zero attached hydrogens (tertiary/aromatic N) is 1. The zero-order valence-corrected chi connectivity index (χ0v) is 13.3. The van der Waals surface area contributed by atoms with E-state index in [0.717, 1.165) is 13.0 Å². The maximum Gasteiger partial charge on any atom is 0.257 e. The molecule has 3 nitrogen and oxygen atoms in total. The third-order valence-corrected chi connectivity index (χ3v) is 5.13. The summed E-state index contributed by atoms with van der Waals surface area (Å²) in [6.07, 6.45) is 0.985. The fourth-order valence-corrected chi connectivity index (χ4v) is 3.92. The van der Waals surface area contributed by atoms with Crippen LogP contribution in [-0.4, -0.2) is 22.5 Å². The summed E-state index contributed by atoms with van der Waals surface area (Å²) in [5.41, 5.74) is 1.95. The van der Waals surface area contributed by atoms with Gasteiger partial charge in [0.1, 0.15) is 0 Å². The van der Waals surface area contributed by atoms with Crippen molar-refractivity contribution in [1.29, 1.82) is 0 Å². The fraction of sp³-hybridized carbons (Fsp3) is 0.250. The molecule has 1 N–H and O–H groups in total. The van der Waals surface area contributed by atoms with E-state index in [0.29, 0.717) is 10.7 Å². The second kappa shape index (κ2) is 5.95. The molecule has 0 fully saturated rings. The van der Waals surface area contributed by atoms with Crippen LogP contribution in [0.25, 0.3) is 0 Å². The molecule has 1 aromatic carbocycles. The van der Waals surface area contributed by atoms with Gasteiger partial charge in [-0.2, -0.15) is 0 Å². The molecule has 2 heterocycles. The van der Waals surface area contributed by atoms with Crippen LogP contribution in [0, 0.1) is 0 Å². The van der Waals surface area contributed by atoms with Crippen molar-refractivity contribution in [2.45, 2.75) is 19.4 Å². The topological polar surface area (TPSA) is 32.3 Å². The molecule has 1 amide bonds. The first-order valence-electron chi connectivity index (χ1n) is 6.90. The SMILES string of the molecule is CC1c2ccsc2CCN1C(=S)NC(=O)c1ccccc1. The van der Waals surface area contributed by atoms with Crippen LogP contribution in [0.5, 0.6) is 0 Å². The largest absolute Gasteiger partial charge is 0.342 e. The van der Waals surface area contributed by atoms with Crippen LogP contribution in [0.15, 0.2) is 41.8 Å². The molecular formula is C16H16N2OS2. The average molecular weight is 316 g/mol. The predicted molar refractivity (Wildman–Crippen MR) is 89.7 cm³/mol. The number of fused-ring (bicyclic) bond motifs is 1. The Hall–Kier alpha value is -1.72. The number of thiophene rings is 1. The van der Waals surface area contributed by atoms with Gasteiger partial charge in [-0.05, 0) is 54.7 Å². The number of hydrogen-bond donors (Lipinski definition) is 1. The molecule has 3 rings (SSSR count). The molecule has 0 saturated heterocycles. The van der Waals surface area contributed by atoms with Gasteiger partial charge in [0.05, 0.1) is 6.04 Å². The molecule has 0 aliphatic carbocycles. The smallest absolute Gasteiger partial charge is 0.257 e. The summed E-state index contributed by atoms with van der Waals surface area (Å²) < 4.78 is 0. The normalized spacial score (nSPS) is 17.2. The molecule has 2 aromatic rings. The lowest BCUT2D eigenvalue weighted by atomic mass is 10.0. The van der Waals surface area contributed by atoms with Crippen molar-refractivity contribution in [3.8, 4) is 0 Å². The number of carbonyl (C=O) groups excluding carboxylic acids is 1. The highest BCUT2D eigenvalue weighted by molar-refractivity contribution is 7.80. The lowest BCUT2D eigenvalue weighted by Crippen LogP contribution is -2.46. The minimum absolute atomic E-state index is 0.149. The second-order valence-electron chi connectivity index (χ2n) is 5.04. The highest BCUT2D eigenvalue weighted by Gasteiger charge is 2.27. The quantitative estimate of drug-likeness (QED) is 0.819. The lowest BCUT2D eigenvalue weighted by molar-refractivity contribution is 0.0971. The van der Waals surface area contributed by atoms with Gasteiger partial charge in [-0.15, -0.1) is 11.3 Å². The maximum atomic E-state index is 12.2. The number of hydrogen-bond acceptors (Lipinski definition) is 3. The number of benzene rings is 1. The Bertz CT molecular complexity index is 666. The minimum Gasteiger partial charge on any atom is -0.342 e. The van der Waals surface area contributed by atoms with Crippen LogP contribution >= 0.6 is 23.6 Å². The summed E-state index contributed by atoms with van der Waals surface area (Å²) in [7, 11) is 0. The molecule has 1 atom stereocenters. The molecule has 1 aromatic heterocycles. The Labute approximate surface area is 133 Å². The van der Waals surface area contributed by atoms with Crippen molar-refractivity contribution in [3.05, 3.63) is 57.8 Å². The molecule has 0 spiro atoms. The first kappa shape index (κ1) is 14.2. The molecule has 0 saturated carbocycles. The zero-order valence-electron chi connectivity index (χ0n) is 11.7. The van der Waals surface area contributed by atoms with Crippen LogP contribution < -0.4 is 5.32 Å². The Morgan fingerprint density at radius 3 is 2.86 bits per heavy atom. The summed E-state index contributed by atoms with van der Waals surface area (Å²) in [5, 5.41) is 5.47. The first-order valence-corrected chi connectivity index (χ1v) is 8.19. The Balaban J connectivity index is 1.71. The lowest BCUT2D eigenvalue weighted by Gasteiger charge is -2.35. The van der Waals surface area contributed by atoms with Gasteiger partial charge < -0.3 is 4.90 Å². The van der Waals surface area contributed by atoms with Crippen LogP contribution in [0.3, 0.4) is 0 Å². The van der Waals surface area contributed by atoms with E-state index in [2.05, 4.69) is 28.6 Å². The number of rotatable bonds is 1. The van der Waals surface area contributed by atoms with E-state index in [9.17, 15) is 4.79 Å². The summed E-state index contributed by atoms with van der Waals surface area (Å²) in [6.45, 7) is 2.98. The molecule has 0 radical (unpaired) electrons. The van der Waals surface area contributed by atoms with Gasteiger partial charge in [0.2, 0.25) is 0 Å². The summed E-state index contributed by atoms with van der Waals surface area (Å²) in [4.78, 5) is 15.7. The highest BCUT2D eigenvalue weighted by Crippen LogP contribution is 2.32. The number of amides is 1. The molecular weight excluding hydrogens is 300 g/mol. The highest BCUT2D eigenvalue weighted by atomic mass is 32.1. The van der Waals surface area contributed by atoms with Gasteiger partial charge in [0.15, 0.2) is 5.11 Å². The van der Waals surface area contributed by atoms with E-state index >= 15 is 0 Å². The van der Waals surface area contributed by atoms with E-state index < -0.39 is 0 Å². The summed E-state index contributed by atoms with van der Waals surface area (Å²) >= 11 is 7.22. The number of carbonyl (C=O) groups is 1. The molecule has 21 heavy (non-hydrogen) atoms. The van der Waals surface area contributed by atoms with Gasteiger partial charge in [-0.25, -0.2) is 0 Å². The van der Waals surface area contributed by atoms with Gasteiger partial charge >= 0.3 is 0 Å². The molecule has 108 valence electrons. The van der Waals surface area contributed by atoms with Gasteiger partial charge in [-0.3, -0.25) is 10.1 Å². The van der Waals surface area contributed by atoms with Crippen LogP contribution in [0.1, 0.15) is 33.8 Å². The molecule has 1 aliphatic heterocycles. The van der Waals surface area contributed by atoms with Gasteiger partial charge in [-0.1, -0.05) is 18.2 Å². The standard InChI is InChI=1S/C16H16N2OS2/c1-11-13-8-10-21-14(13)7-9-18(11)16(20)17-15(19)12-5-3-2-4-6-12/h2-6,8,10-11H,7,9H2,1H3,(H,17,19,20). The van der Waals surface area contributed by atoms with E-state index in [4.69, 9.17) is 12.2 Å². The van der Waals surface area contributed by atoms with Crippen molar-refractivity contribution in [2.24, 2.45) is 0 Å². The van der Waals surface area contributed by atoms with Crippen molar-refractivity contribution < 1.29 is 4.79 Å². The third-order valence-electron chi connectivity index (χ3n) is 3.79. The fourth-order valence-electron chi connectivity index (χ4n) is 2.62. The maximum absolute atomic E-state index is 12.2. The molecule has 0 bridgehead atoms. The molecule has 1 unspecified atom stereocenters. The first-order chi connectivity index (χ1) is 10.2. The molecule has 5 heteroatoms. The minimum atomic E-state index is -0.149. The van der Waals surface area contributed by atoms with Crippen molar-refractivity contribution in [2.75, 3.05) is 6.54 Å². The van der Waals surface area contributed by atoms with E-state index in [1.165, 1.54) is 10.4 Å². The zero-order chi connectivity index (χ0) is 14.8. The third kappa shape index (κ3) is 2.84. The second-order valence-corrected chi connectivity index (χ2v) is 6.43. The summed E-state index contributed by atoms with van der Waals surface area (Å²) in [6, 6.07) is 11.5. The van der Waals surface area contributed by atoms with Gasteiger partial charge in [0.25, 0.3) is 5.91 Å². The monoisotopic (exact) mass is 316 g/mol. The predicted octanol–water partition coefficient (Wildman–Crippen LogP) is 3.38. The Morgan fingerprint density at radius 2 is 2.10 bits per heavy atom. The van der Waals surface area contributed by atoms with Crippen LogP contribution in [0.2, 0.25) is 0 Å². The van der Waals surface area contributed by atoms with Crippen LogP contribution in [0.4, 0.5) is 0 Å². The average Bonchev–Trinajstić information content (AvgIpc) is 2.98. The Kier molecular flexibility index (Phi) is 4.03. The molecule has 1 aliphatic rings. The van der Waals surface area contributed by atoms with Crippen molar-refractivity contribution in [1.82, 2.24) is 10.2 Å². The van der Waals surface area contributed by atoms with Crippen LogP contribution in [-0.2, 0) is 6.42 Å². The number of thiocarbonyl (C=S) groups is 1. The number of nitrogens with one attached hydrogen (secondary N) is 1. The van der Waals surface area contributed by atoms with E-state index in [-0.39, 0.29) is 11.9 Å². The summed E-state index contributed by atoms with van der Waals surface area (Å²) in [5.74, 6) is -0.149. The van der Waals surface area contributed by atoms with Gasteiger partial charge in [0, 0.05) is 17.0 Å². The van der Waals surface area contributed by atoms with E-state index in [1.807, 2.05) is 18.2 Å². The Morgan fingerprint density at radius 1 is 1.33 bits per heavy atom.